The molecule has 0 rings (SSSR count). The van der Waals surface area contributed by atoms with E-state index in [1.165, 1.54) is 0 Å². The topological polar surface area (TPSA) is 75.6 Å². The summed E-state index contributed by atoms with van der Waals surface area (Å²) in [5.41, 5.74) is 0. The van der Waals surface area contributed by atoms with Gasteiger partial charge in [-0.3, -0.25) is 9.59 Å². The number of rotatable bonds is 5. The lowest BCUT2D eigenvalue weighted by molar-refractivity contribution is -0.147. The highest BCUT2D eigenvalue weighted by molar-refractivity contribution is 6.14. The van der Waals surface area contributed by atoms with Crippen LogP contribution in [0, 0.1) is 0 Å². The van der Waals surface area contributed by atoms with Crippen LogP contribution in [-0.4, -0.2) is 29.7 Å². The standard InChI is InChI=1S/C6H10ClNO4/c1-2-5(9)12-3-4(8-7)6(10)11/h4,8H,2-3H2,1H3,(H,10,11)/t4-/m0/s1. The van der Waals surface area contributed by atoms with Crippen LogP contribution in [0.25, 0.3) is 0 Å². The number of carbonyl (C=O) groups is 2. The van der Waals surface area contributed by atoms with Gasteiger partial charge < -0.3 is 9.84 Å². The van der Waals surface area contributed by atoms with Crippen LogP contribution < -0.4 is 4.84 Å². The molecular weight excluding hydrogens is 186 g/mol. The maximum Gasteiger partial charge on any atom is 0.325 e. The fourth-order valence-corrected chi connectivity index (χ4v) is 0.584. The van der Waals surface area contributed by atoms with Crippen LogP contribution in [0.5, 0.6) is 0 Å². The molecule has 6 heteroatoms. The monoisotopic (exact) mass is 195 g/mol. The van der Waals surface area contributed by atoms with Gasteiger partial charge in [0.15, 0.2) is 6.04 Å². The number of carboxylic acids is 1. The molecule has 0 amide bonds. The number of carboxylic acid groups (broad SMARTS) is 1. The number of halogens is 1. The van der Waals surface area contributed by atoms with Crippen molar-refractivity contribution in [1.82, 2.24) is 4.84 Å². The summed E-state index contributed by atoms with van der Waals surface area (Å²) in [4.78, 5) is 22.8. The summed E-state index contributed by atoms with van der Waals surface area (Å²) in [7, 11) is 0. The van der Waals surface area contributed by atoms with Gasteiger partial charge in [0.25, 0.3) is 0 Å². The van der Waals surface area contributed by atoms with Crippen molar-refractivity contribution in [3.8, 4) is 0 Å². The molecule has 0 saturated carbocycles. The van der Waals surface area contributed by atoms with Gasteiger partial charge in [-0.2, -0.15) is 0 Å². The first-order valence-electron chi connectivity index (χ1n) is 3.36. The molecule has 5 nitrogen and oxygen atoms in total. The maximum absolute atomic E-state index is 10.6. The molecule has 0 unspecified atom stereocenters. The Bertz CT molecular complexity index is 173. The van der Waals surface area contributed by atoms with E-state index in [0.717, 1.165) is 0 Å². The Kier molecular flexibility index (Phi) is 5.40. The van der Waals surface area contributed by atoms with Gasteiger partial charge in [-0.1, -0.05) is 6.92 Å². The van der Waals surface area contributed by atoms with Gasteiger partial charge in [-0.15, -0.1) is 0 Å². The molecule has 0 aromatic rings. The van der Waals surface area contributed by atoms with Crippen LogP contribution in [0.1, 0.15) is 13.3 Å². The van der Waals surface area contributed by atoms with E-state index in [1.807, 2.05) is 4.84 Å². The number of nitrogens with one attached hydrogen (secondary N) is 1. The summed E-state index contributed by atoms with van der Waals surface area (Å²) in [6.07, 6.45) is 0.217. The molecule has 0 aliphatic heterocycles. The van der Waals surface area contributed by atoms with E-state index in [1.54, 1.807) is 6.92 Å². The third kappa shape index (κ3) is 4.15. The number of ether oxygens (including phenoxy) is 1. The smallest absolute Gasteiger partial charge is 0.325 e. The Morgan fingerprint density at radius 3 is 2.58 bits per heavy atom. The minimum absolute atomic E-state index is 0.217. The Labute approximate surface area is 74.8 Å². The van der Waals surface area contributed by atoms with Gasteiger partial charge in [0.1, 0.15) is 6.61 Å². The molecule has 0 bridgehead atoms. The van der Waals surface area contributed by atoms with Crippen molar-refractivity contribution in [2.24, 2.45) is 0 Å². The Hall–Kier alpha value is -0.810. The molecule has 2 N–H and O–H groups in total. The molecule has 0 aromatic heterocycles. The first-order chi connectivity index (χ1) is 5.61. The second kappa shape index (κ2) is 5.79. The third-order valence-corrected chi connectivity index (χ3v) is 1.39. The number of hydrogen-bond acceptors (Lipinski definition) is 4. The van der Waals surface area contributed by atoms with Crippen molar-refractivity contribution < 1.29 is 19.4 Å². The highest BCUT2D eigenvalue weighted by Gasteiger charge is 2.17. The molecule has 70 valence electrons. The highest BCUT2D eigenvalue weighted by atomic mass is 35.5. The first kappa shape index (κ1) is 11.2. The quantitative estimate of drug-likeness (QED) is 0.482. The van der Waals surface area contributed by atoms with Gasteiger partial charge in [0.2, 0.25) is 0 Å². The zero-order chi connectivity index (χ0) is 9.56. The van der Waals surface area contributed by atoms with Gasteiger partial charge in [-0.25, -0.2) is 4.84 Å². The lowest BCUT2D eigenvalue weighted by atomic mass is 10.3. The van der Waals surface area contributed by atoms with E-state index in [9.17, 15) is 9.59 Å². The zero-order valence-electron chi connectivity index (χ0n) is 6.54. The van der Waals surface area contributed by atoms with Crippen LogP contribution in [0.3, 0.4) is 0 Å². The molecule has 0 aliphatic carbocycles. The van der Waals surface area contributed by atoms with E-state index in [-0.39, 0.29) is 13.0 Å². The molecule has 0 fully saturated rings. The minimum Gasteiger partial charge on any atom is -0.480 e. The third-order valence-electron chi connectivity index (χ3n) is 1.13. The number of esters is 1. The normalized spacial score (nSPS) is 12.2. The van der Waals surface area contributed by atoms with E-state index >= 15 is 0 Å². The largest absolute Gasteiger partial charge is 0.480 e. The minimum atomic E-state index is -1.16. The van der Waals surface area contributed by atoms with Crippen molar-refractivity contribution in [2.75, 3.05) is 6.61 Å². The van der Waals surface area contributed by atoms with Crippen LogP contribution in [0.15, 0.2) is 0 Å². The number of hydrogen-bond donors (Lipinski definition) is 2. The lowest BCUT2D eigenvalue weighted by Gasteiger charge is -2.09. The summed E-state index contributed by atoms with van der Waals surface area (Å²) in [5, 5.41) is 8.42. The van der Waals surface area contributed by atoms with Crippen LogP contribution in [0.2, 0.25) is 0 Å². The molecule has 0 aromatic carbocycles. The lowest BCUT2D eigenvalue weighted by Crippen LogP contribution is -2.36. The van der Waals surface area contributed by atoms with Gasteiger partial charge in [0.05, 0.1) is 0 Å². The zero-order valence-corrected chi connectivity index (χ0v) is 7.30. The summed E-state index contributed by atoms with van der Waals surface area (Å²) < 4.78 is 4.54. The van der Waals surface area contributed by atoms with Crippen molar-refractivity contribution in [1.29, 1.82) is 0 Å². The van der Waals surface area contributed by atoms with Crippen molar-refractivity contribution in [3.63, 3.8) is 0 Å². The summed E-state index contributed by atoms with van der Waals surface area (Å²) in [5.74, 6) is -1.61. The van der Waals surface area contributed by atoms with E-state index < -0.39 is 18.0 Å². The predicted molar refractivity (Wildman–Crippen MR) is 41.7 cm³/mol. The fraction of sp³-hybridized carbons (Fsp3) is 0.667. The molecule has 0 spiro atoms. The summed E-state index contributed by atoms with van der Waals surface area (Å²) in [6.45, 7) is 1.36. The second-order valence-electron chi connectivity index (χ2n) is 2.04. The predicted octanol–water partition coefficient (Wildman–Crippen LogP) is 0.136. The summed E-state index contributed by atoms with van der Waals surface area (Å²) in [6, 6.07) is -1.05. The Balaban J connectivity index is 3.73. The first-order valence-corrected chi connectivity index (χ1v) is 3.74. The van der Waals surface area contributed by atoms with E-state index in [0.29, 0.717) is 0 Å². The molecule has 0 heterocycles. The molecular formula is C6H10ClNO4. The number of carbonyl (C=O) groups excluding carboxylic acids is 1. The van der Waals surface area contributed by atoms with Crippen LogP contribution in [0.4, 0.5) is 0 Å². The van der Waals surface area contributed by atoms with Crippen molar-refractivity contribution >= 4 is 23.7 Å². The molecule has 1 atom stereocenters. The Morgan fingerprint density at radius 1 is 1.67 bits per heavy atom. The molecule has 0 radical (unpaired) electrons. The molecule has 0 saturated heterocycles. The second-order valence-corrected chi connectivity index (χ2v) is 2.25. The van der Waals surface area contributed by atoms with Gasteiger partial charge in [0, 0.05) is 6.42 Å². The van der Waals surface area contributed by atoms with Crippen LogP contribution in [-0.2, 0) is 14.3 Å². The average Bonchev–Trinajstić information content (AvgIpc) is 2.04. The number of aliphatic carboxylic acids is 1. The fourth-order valence-electron chi connectivity index (χ4n) is 0.428. The average molecular weight is 196 g/mol. The SMILES string of the molecule is CCC(=O)OC[C@H](NCl)C(=O)O. The van der Waals surface area contributed by atoms with Crippen molar-refractivity contribution in [2.45, 2.75) is 19.4 Å². The summed E-state index contributed by atoms with van der Waals surface area (Å²) >= 11 is 5.07. The highest BCUT2D eigenvalue weighted by Crippen LogP contribution is 1.91. The Morgan fingerprint density at radius 2 is 2.25 bits per heavy atom. The van der Waals surface area contributed by atoms with Gasteiger partial charge >= 0.3 is 11.9 Å². The van der Waals surface area contributed by atoms with Crippen LogP contribution >= 0.6 is 11.8 Å². The molecule has 0 aliphatic rings. The molecule has 12 heavy (non-hydrogen) atoms. The van der Waals surface area contributed by atoms with Gasteiger partial charge in [-0.05, 0) is 11.8 Å². The maximum atomic E-state index is 10.6. The van der Waals surface area contributed by atoms with E-state index in [4.69, 9.17) is 16.9 Å². The van der Waals surface area contributed by atoms with E-state index in [2.05, 4.69) is 4.74 Å². The van der Waals surface area contributed by atoms with Crippen molar-refractivity contribution in [3.05, 3.63) is 0 Å².